The topological polar surface area (TPSA) is 52.6 Å². The maximum absolute atomic E-state index is 11.5. The monoisotopic (exact) mass is 299 g/mol. The number of carbonyl (C=O) groups is 2. The van der Waals surface area contributed by atoms with Crippen molar-refractivity contribution in [3.63, 3.8) is 0 Å². The minimum Gasteiger partial charge on any atom is -0.304 e. The normalized spacial score (nSPS) is 22.3. The highest BCUT2D eigenvalue weighted by Crippen LogP contribution is 2.16. The smallest absolute Gasteiger partial charge is 0.254 e. The molecule has 2 aliphatic heterocycles. The lowest BCUT2D eigenvalue weighted by molar-refractivity contribution is -0.124. The molecule has 5 heteroatoms. The molecule has 1 aromatic rings. The van der Waals surface area contributed by atoms with Crippen molar-refractivity contribution in [1.29, 1.82) is 0 Å². The lowest BCUT2D eigenvalue weighted by Crippen LogP contribution is -2.43. The zero-order chi connectivity index (χ0) is 15.5. The van der Waals surface area contributed by atoms with Crippen molar-refractivity contribution in [3.8, 4) is 0 Å². The fraction of sp³-hybridized carbons (Fsp3) is 0.412. The second-order valence-electron chi connectivity index (χ2n) is 6.04. The number of rotatable bonds is 3. The van der Waals surface area contributed by atoms with Crippen LogP contribution in [-0.2, 0) is 16.1 Å². The maximum atomic E-state index is 11.5. The zero-order valence-corrected chi connectivity index (χ0v) is 12.8. The van der Waals surface area contributed by atoms with Crippen LogP contribution in [0.15, 0.2) is 29.8 Å². The molecule has 0 saturated carbocycles. The lowest BCUT2D eigenvalue weighted by Gasteiger charge is -2.32. The van der Waals surface area contributed by atoms with Gasteiger partial charge in [0, 0.05) is 38.3 Å². The molecule has 0 atom stereocenters. The first-order valence-corrected chi connectivity index (χ1v) is 7.65. The highest BCUT2D eigenvalue weighted by molar-refractivity contribution is 6.15. The van der Waals surface area contributed by atoms with E-state index in [2.05, 4.69) is 34.3 Å². The lowest BCUT2D eigenvalue weighted by atomic mass is 10.1. The van der Waals surface area contributed by atoms with Gasteiger partial charge in [-0.05, 0) is 24.3 Å². The molecule has 0 radical (unpaired) electrons. The molecule has 116 valence electrons. The molecule has 2 amide bonds. The van der Waals surface area contributed by atoms with Crippen molar-refractivity contribution in [2.45, 2.75) is 13.0 Å². The molecule has 2 fully saturated rings. The maximum Gasteiger partial charge on any atom is 0.254 e. The van der Waals surface area contributed by atoms with E-state index in [1.54, 1.807) is 6.08 Å². The van der Waals surface area contributed by atoms with E-state index in [1.807, 2.05) is 12.1 Å². The summed E-state index contributed by atoms with van der Waals surface area (Å²) in [5, 5.41) is 2.30. The van der Waals surface area contributed by atoms with Crippen LogP contribution in [0.1, 0.15) is 17.5 Å². The predicted molar refractivity (Wildman–Crippen MR) is 85.0 cm³/mol. The van der Waals surface area contributed by atoms with Crippen LogP contribution in [0.3, 0.4) is 0 Å². The summed E-state index contributed by atoms with van der Waals surface area (Å²) in [5.41, 5.74) is 2.78. The third-order valence-corrected chi connectivity index (χ3v) is 4.22. The molecule has 5 nitrogen and oxygen atoms in total. The summed E-state index contributed by atoms with van der Waals surface area (Å²) in [7, 11) is 2.16. The van der Waals surface area contributed by atoms with Gasteiger partial charge in [-0.1, -0.05) is 24.3 Å². The van der Waals surface area contributed by atoms with Crippen LogP contribution in [0.2, 0.25) is 0 Å². The molecular weight excluding hydrogens is 278 g/mol. The number of nitrogens with zero attached hydrogens (tertiary/aromatic N) is 2. The summed E-state index contributed by atoms with van der Waals surface area (Å²) < 4.78 is 0. The van der Waals surface area contributed by atoms with Crippen LogP contribution < -0.4 is 5.32 Å². The zero-order valence-electron chi connectivity index (χ0n) is 12.8. The van der Waals surface area contributed by atoms with Gasteiger partial charge in [0.2, 0.25) is 5.91 Å². The van der Waals surface area contributed by atoms with Crippen LogP contribution in [0, 0.1) is 0 Å². The van der Waals surface area contributed by atoms with Crippen molar-refractivity contribution in [1.82, 2.24) is 15.1 Å². The van der Waals surface area contributed by atoms with Crippen molar-refractivity contribution in [3.05, 3.63) is 41.0 Å². The van der Waals surface area contributed by atoms with Crippen molar-refractivity contribution in [2.24, 2.45) is 0 Å². The van der Waals surface area contributed by atoms with Gasteiger partial charge in [-0.25, -0.2) is 0 Å². The molecule has 0 spiro atoms. The van der Waals surface area contributed by atoms with Gasteiger partial charge in [-0.2, -0.15) is 0 Å². The Bertz CT molecular complexity index is 599. The van der Waals surface area contributed by atoms with Crippen LogP contribution in [0.25, 0.3) is 6.08 Å². The Morgan fingerprint density at radius 3 is 2.36 bits per heavy atom. The molecule has 3 rings (SSSR count). The predicted octanol–water partition coefficient (Wildman–Crippen LogP) is 0.864. The number of hydrogen-bond donors (Lipinski definition) is 1. The molecule has 2 aliphatic rings. The van der Waals surface area contributed by atoms with E-state index in [0.717, 1.165) is 38.3 Å². The summed E-state index contributed by atoms with van der Waals surface area (Å²) >= 11 is 0. The summed E-state index contributed by atoms with van der Waals surface area (Å²) in [4.78, 5) is 27.5. The minimum atomic E-state index is -0.272. The van der Waals surface area contributed by atoms with Crippen LogP contribution in [-0.4, -0.2) is 54.8 Å². The Morgan fingerprint density at radius 2 is 1.77 bits per heavy atom. The van der Waals surface area contributed by atoms with Gasteiger partial charge in [0.25, 0.3) is 5.91 Å². The first kappa shape index (κ1) is 14.9. The number of carbonyl (C=O) groups excluding carboxylic acids is 2. The van der Waals surface area contributed by atoms with E-state index in [1.165, 1.54) is 5.56 Å². The van der Waals surface area contributed by atoms with Gasteiger partial charge in [-0.15, -0.1) is 0 Å². The molecular formula is C17H21N3O2. The largest absolute Gasteiger partial charge is 0.304 e. The third kappa shape index (κ3) is 3.61. The van der Waals surface area contributed by atoms with Crippen molar-refractivity contribution >= 4 is 17.9 Å². The average molecular weight is 299 g/mol. The van der Waals surface area contributed by atoms with Crippen LogP contribution in [0.4, 0.5) is 0 Å². The quantitative estimate of drug-likeness (QED) is 0.664. The van der Waals surface area contributed by atoms with E-state index in [0.29, 0.717) is 5.57 Å². The number of piperazine rings is 1. The first-order chi connectivity index (χ1) is 10.6. The molecule has 0 aromatic heterocycles. The Kier molecular flexibility index (Phi) is 4.36. The highest BCUT2D eigenvalue weighted by Gasteiger charge is 2.23. The van der Waals surface area contributed by atoms with E-state index in [9.17, 15) is 9.59 Å². The number of benzene rings is 1. The molecule has 1 N–H and O–H groups in total. The van der Waals surface area contributed by atoms with Gasteiger partial charge >= 0.3 is 0 Å². The fourth-order valence-corrected chi connectivity index (χ4v) is 2.81. The number of likely N-dealkylation sites (N-methyl/N-ethyl adjacent to an activating group) is 1. The molecule has 22 heavy (non-hydrogen) atoms. The highest BCUT2D eigenvalue weighted by atomic mass is 16.2. The molecule has 2 saturated heterocycles. The Hall–Kier alpha value is -1.98. The second-order valence-corrected chi connectivity index (χ2v) is 6.04. The van der Waals surface area contributed by atoms with Gasteiger partial charge in [0.05, 0.1) is 6.42 Å². The SMILES string of the molecule is CN1CCN(Cc2ccc(/C=C3\CC(=O)NC3=O)cc2)CC1. The molecule has 0 aliphatic carbocycles. The number of hydrogen-bond acceptors (Lipinski definition) is 4. The van der Waals surface area contributed by atoms with Crippen molar-refractivity contribution < 1.29 is 9.59 Å². The molecule has 2 heterocycles. The van der Waals surface area contributed by atoms with E-state index < -0.39 is 0 Å². The summed E-state index contributed by atoms with van der Waals surface area (Å²) in [6.45, 7) is 5.40. The molecule has 1 aromatic carbocycles. The second kappa shape index (κ2) is 6.42. The van der Waals surface area contributed by atoms with Gasteiger partial charge in [-0.3, -0.25) is 19.8 Å². The van der Waals surface area contributed by atoms with Crippen LogP contribution in [0.5, 0.6) is 0 Å². The number of nitrogens with one attached hydrogen (secondary N) is 1. The standard InChI is InChI=1S/C17H21N3O2/c1-19-6-8-20(9-7-19)12-14-4-2-13(3-5-14)10-15-11-16(21)18-17(15)22/h2-5,10H,6-9,11-12H2,1H3,(H,18,21,22)/b15-10+. The summed E-state index contributed by atoms with van der Waals surface area (Å²) in [5.74, 6) is -0.491. The van der Waals surface area contributed by atoms with Gasteiger partial charge < -0.3 is 4.90 Å². The fourth-order valence-electron chi connectivity index (χ4n) is 2.81. The summed E-state index contributed by atoms with van der Waals surface area (Å²) in [6, 6.07) is 8.21. The molecule has 0 unspecified atom stereocenters. The summed E-state index contributed by atoms with van der Waals surface area (Å²) in [6.07, 6.45) is 1.97. The van der Waals surface area contributed by atoms with Gasteiger partial charge in [0.1, 0.15) is 0 Å². The minimum absolute atomic E-state index is 0.182. The molecule has 0 bridgehead atoms. The van der Waals surface area contributed by atoms with Crippen molar-refractivity contribution in [2.75, 3.05) is 33.2 Å². The van der Waals surface area contributed by atoms with E-state index in [-0.39, 0.29) is 18.2 Å². The Morgan fingerprint density at radius 1 is 1.09 bits per heavy atom. The average Bonchev–Trinajstić information content (AvgIpc) is 2.81. The Labute approximate surface area is 130 Å². The number of amides is 2. The van der Waals surface area contributed by atoms with E-state index >= 15 is 0 Å². The van der Waals surface area contributed by atoms with Crippen LogP contribution >= 0.6 is 0 Å². The third-order valence-electron chi connectivity index (χ3n) is 4.22. The first-order valence-electron chi connectivity index (χ1n) is 7.65. The Balaban J connectivity index is 1.62. The van der Waals surface area contributed by atoms with E-state index in [4.69, 9.17) is 0 Å². The number of imide groups is 1. The van der Waals surface area contributed by atoms with Gasteiger partial charge in [0.15, 0.2) is 0 Å².